The molecule has 0 aliphatic rings. The van der Waals surface area contributed by atoms with Gasteiger partial charge in [0, 0.05) is 27.5 Å². The number of hydrogen-bond donors (Lipinski definition) is 0. The molecule has 0 saturated heterocycles. The van der Waals surface area contributed by atoms with Gasteiger partial charge < -0.3 is 4.90 Å². The molecule has 0 spiro atoms. The summed E-state index contributed by atoms with van der Waals surface area (Å²) in [4.78, 5) is 2.46. The minimum Gasteiger partial charge on any atom is -0.309 e. The van der Waals surface area contributed by atoms with Crippen LogP contribution < -0.4 is 4.90 Å². The molecule has 8 aromatic rings. The summed E-state index contributed by atoms with van der Waals surface area (Å²) in [5.74, 6) is 0. The van der Waals surface area contributed by atoms with Gasteiger partial charge in [0.2, 0.25) is 0 Å². The van der Waals surface area contributed by atoms with Crippen molar-refractivity contribution in [1.29, 1.82) is 0 Å². The van der Waals surface area contributed by atoms with Gasteiger partial charge in [0.25, 0.3) is 0 Å². The summed E-state index contributed by atoms with van der Waals surface area (Å²) in [7, 11) is 0. The largest absolute Gasteiger partial charge is 0.309 e. The summed E-state index contributed by atoms with van der Waals surface area (Å²) in [6, 6.07) is 42.9. The van der Waals surface area contributed by atoms with Gasteiger partial charge in [0.15, 0.2) is 0 Å². The molecule has 0 radical (unpaired) electrons. The zero-order chi connectivity index (χ0) is 24.7. The summed E-state index contributed by atoms with van der Waals surface area (Å²) in [5.41, 5.74) is 6.11. The fourth-order valence-corrected chi connectivity index (χ4v) is 6.32. The lowest BCUT2D eigenvalue weighted by molar-refractivity contribution is 1.29. The standard InChI is InChI=1S/C36H25N/c1-22-9-16-28(17-10-22)37(29-18-11-23(2)12-19-29)36-30-8-4-6-25-13-14-27-21-26-7-3-5-24-15-20-31(36)35(32(24)26)34(27)33(25)30/h3-21H,1-2H3. The summed E-state index contributed by atoms with van der Waals surface area (Å²) in [6.07, 6.45) is 0. The first-order valence-corrected chi connectivity index (χ1v) is 13.0. The molecule has 0 atom stereocenters. The van der Waals surface area contributed by atoms with E-state index in [1.807, 2.05) is 0 Å². The quantitative estimate of drug-likeness (QED) is 0.183. The molecule has 0 amide bonds. The van der Waals surface area contributed by atoms with Crippen LogP contribution in [0, 0.1) is 13.8 Å². The molecule has 0 aromatic heterocycles. The zero-order valence-corrected chi connectivity index (χ0v) is 20.9. The summed E-state index contributed by atoms with van der Waals surface area (Å²) in [5, 5.41) is 13.2. The molecule has 1 nitrogen and oxygen atoms in total. The minimum atomic E-state index is 1.17. The molecule has 0 aliphatic carbocycles. The van der Waals surface area contributed by atoms with Crippen LogP contribution in [0.1, 0.15) is 11.1 Å². The average molecular weight is 472 g/mol. The molecule has 0 aliphatic heterocycles. The Labute approximate surface area is 215 Å². The molecule has 8 aromatic carbocycles. The van der Waals surface area contributed by atoms with E-state index in [0.717, 1.165) is 0 Å². The molecule has 0 unspecified atom stereocenters. The lowest BCUT2D eigenvalue weighted by Gasteiger charge is -2.30. The first-order chi connectivity index (χ1) is 18.2. The second-order valence-corrected chi connectivity index (χ2v) is 10.4. The Balaban J connectivity index is 1.63. The molecule has 0 N–H and O–H groups in total. The molecule has 0 saturated carbocycles. The Morgan fingerprint density at radius 1 is 0.405 bits per heavy atom. The molecule has 8 rings (SSSR count). The first kappa shape index (κ1) is 20.6. The molecular formula is C36H25N. The second kappa shape index (κ2) is 7.44. The average Bonchev–Trinajstić information content (AvgIpc) is 2.93. The van der Waals surface area contributed by atoms with E-state index in [9.17, 15) is 0 Å². The third kappa shape index (κ3) is 2.86. The van der Waals surface area contributed by atoms with Gasteiger partial charge in [-0.15, -0.1) is 0 Å². The van der Waals surface area contributed by atoms with Gasteiger partial charge in [0.1, 0.15) is 0 Å². The van der Waals surface area contributed by atoms with Crippen LogP contribution in [0.25, 0.3) is 53.9 Å². The van der Waals surface area contributed by atoms with E-state index in [1.165, 1.54) is 82.1 Å². The number of anilines is 3. The van der Waals surface area contributed by atoms with Gasteiger partial charge >= 0.3 is 0 Å². The fraction of sp³-hybridized carbons (Fsp3) is 0.0556. The predicted octanol–water partition coefficient (Wildman–Crippen LogP) is 10.4. The van der Waals surface area contributed by atoms with Crippen molar-refractivity contribution < 1.29 is 0 Å². The number of benzene rings is 8. The third-order valence-corrected chi connectivity index (χ3v) is 8.03. The number of nitrogens with zero attached hydrogens (tertiary/aromatic N) is 1. The second-order valence-electron chi connectivity index (χ2n) is 10.4. The van der Waals surface area contributed by atoms with Crippen molar-refractivity contribution in [1.82, 2.24) is 0 Å². The normalized spacial score (nSPS) is 12.1. The van der Waals surface area contributed by atoms with Crippen LogP contribution in [0.4, 0.5) is 17.1 Å². The monoisotopic (exact) mass is 471 g/mol. The fourth-order valence-electron chi connectivity index (χ4n) is 6.32. The zero-order valence-electron chi connectivity index (χ0n) is 20.9. The van der Waals surface area contributed by atoms with E-state index in [4.69, 9.17) is 0 Å². The first-order valence-electron chi connectivity index (χ1n) is 13.0. The predicted molar refractivity (Wildman–Crippen MR) is 161 cm³/mol. The third-order valence-electron chi connectivity index (χ3n) is 8.03. The minimum absolute atomic E-state index is 1.17. The summed E-state index contributed by atoms with van der Waals surface area (Å²) in [6.45, 7) is 4.30. The van der Waals surface area contributed by atoms with Crippen LogP contribution in [0.5, 0.6) is 0 Å². The van der Waals surface area contributed by atoms with E-state index >= 15 is 0 Å². The molecule has 1 heteroatoms. The molecular weight excluding hydrogens is 446 g/mol. The van der Waals surface area contributed by atoms with E-state index in [-0.39, 0.29) is 0 Å². The van der Waals surface area contributed by atoms with E-state index in [0.29, 0.717) is 0 Å². The van der Waals surface area contributed by atoms with Crippen molar-refractivity contribution in [2.45, 2.75) is 13.8 Å². The molecule has 37 heavy (non-hydrogen) atoms. The van der Waals surface area contributed by atoms with Crippen LogP contribution >= 0.6 is 0 Å². The number of aryl methyl sites for hydroxylation is 2. The van der Waals surface area contributed by atoms with Gasteiger partial charge in [0.05, 0.1) is 5.69 Å². The van der Waals surface area contributed by atoms with Gasteiger partial charge in [-0.25, -0.2) is 0 Å². The lowest BCUT2D eigenvalue weighted by Crippen LogP contribution is -2.11. The lowest BCUT2D eigenvalue weighted by atomic mass is 9.85. The Morgan fingerprint density at radius 3 is 1.62 bits per heavy atom. The summed E-state index contributed by atoms with van der Waals surface area (Å²) >= 11 is 0. The Bertz CT molecular complexity index is 2040. The smallest absolute Gasteiger partial charge is 0.0619 e. The molecule has 0 fully saturated rings. The topological polar surface area (TPSA) is 3.24 Å². The highest BCUT2D eigenvalue weighted by Crippen LogP contribution is 2.51. The maximum Gasteiger partial charge on any atom is 0.0619 e. The SMILES string of the molecule is Cc1ccc(N(c2ccc(C)cc2)c2c3cccc4ccc5cc6cccc7ccc2c(c76)c5c43)cc1. The molecule has 174 valence electrons. The van der Waals surface area contributed by atoms with Crippen LogP contribution in [0.2, 0.25) is 0 Å². The van der Waals surface area contributed by atoms with Gasteiger partial charge in [-0.2, -0.15) is 0 Å². The molecule has 0 heterocycles. The number of hydrogen-bond acceptors (Lipinski definition) is 1. The van der Waals surface area contributed by atoms with Crippen molar-refractivity contribution in [3.05, 3.63) is 126 Å². The van der Waals surface area contributed by atoms with E-state index in [2.05, 4.69) is 134 Å². The highest BCUT2D eigenvalue weighted by Gasteiger charge is 2.24. The highest BCUT2D eigenvalue weighted by atomic mass is 15.1. The van der Waals surface area contributed by atoms with Crippen molar-refractivity contribution in [3.63, 3.8) is 0 Å². The van der Waals surface area contributed by atoms with E-state index < -0.39 is 0 Å². The Kier molecular flexibility index (Phi) is 4.14. The van der Waals surface area contributed by atoms with Crippen LogP contribution in [-0.2, 0) is 0 Å². The molecule has 0 bridgehead atoms. The van der Waals surface area contributed by atoms with Crippen LogP contribution in [0.3, 0.4) is 0 Å². The number of rotatable bonds is 3. The maximum atomic E-state index is 2.46. The van der Waals surface area contributed by atoms with Crippen LogP contribution in [0.15, 0.2) is 115 Å². The van der Waals surface area contributed by atoms with Crippen molar-refractivity contribution in [2.75, 3.05) is 4.90 Å². The van der Waals surface area contributed by atoms with Crippen molar-refractivity contribution in [3.8, 4) is 0 Å². The summed E-state index contributed by atoms with van der Waals surface area (Å²) < 4.78 is 0. The van der Waals surface area contributed by atoms with Gasteiger partial charge in [-0.05, 0) is 81.9 Å². The maximum absolute atomic E-state index is 2.46. The van der Waals surface area contributed by atoms with Gasteiger partial charge in [-0.1, -0.05) is 96.1 Å². The van der Waals surface area contributed by atoms with Crippen molar-refractivity contribution in [2.24, 2.45) is 0 Å². The van der Waals surface area contributed by atoms with Gasteiger partial charge in [-0.3, -0.25) is 0 Å². The van der Waals surface area contributed by atoms with E-state index in [1.54, 1.807) is 0 Å². The highest BCUT2D eigenvalue weighted by molar-refractivity contribution is 6.40. The Morgan fingerprint density at radius 2 is 0.919 bits per heavy atom. The van der Waals surface area contributed by atoms with Crippen LogP contribution in [-0.4, -0.2) is 0 Å². The Hall–Kier alpha value is -4.62. The van der Waals surface area contributed by atoms with Crippen molar-refractivity contribution >= 4 is 70.9 Å².